The zero-order valence-electron chi connectivity index (χ0n) is 9.78. The first-order chi connectivity index (χ1) is 8.34. The molecule has 0 saturated carbocycles. The highest BCUT2D eigenvalue weighted by molar-refractivity contribution is 5.82. The normalized spacial score (nSPS) is 24.1. The minimum absolute atomic E-state index is 0.115. The molecule has 2 aliphatic heterocycles. The minimum atomic E-state index is 0.115. The Morgan fingerprint density at radius 2 is 2.18 bits per heavy atom. The third-order valence-electron chi connectivity index (χ3n) is 3.55. The summed E-state index contributed by atoms with van der Waals surface area (Å²) in [6, 6.07) is 8.39. The largest absolute Gasteiger partial charge is 0.316 e. The highest BCUT2D eigenvalue weighted by Gasteiger charge is 2.25. The van der Waals surface area contributed by atoms with Gasteiger partial charge >= 0.3 is 0 Å². The van der Waals surface area contributed by atoms with Crippen LogP contribution < -0.4 is 15.8 Å². The van der Waals surface area contributed by atoms with Crippen LogP contribution in [-0.4, -0.2) is 25.5 Å². The van der Waals surface area contributed by atoms with Gasteiger partial charge < -0.3 is 5.32 Å². The summed E-state index contributed by atoms with van der Waals surface area (Å²) < 4.78 is 0. The molecular formula is C13H17N3O. The maximum Gasteiger partial charge on any atom is 0.240 e. The Bertz CT molecular complexity index is 426. The topological polar surface area (TPSA) is 44.4 Å². The van der Waals surface area contributed by atoms with Crippen LogP contribution in [-0.2, 0) is 4.79 Å². The van der Waals surface area contributed by atoms with E-state index in [4.69, 9.17) is 0 Å². The smallest absolute Gasteiger partial charge is 0.240 e. The number of hydrogen-bond acceptors (Lipinski definition) is 3. The van der Waals surface area contributed by atoms with E-state index in [1.165, 1.54) is 12.0 Å². The predicted molar refractivity (Wildman–Crippen MR) is 66.8 cm³/mol. The van der Waals surface area contributed by atoms with E-state index in [2.05, 4.69) is 28.9 Å². The van der Waals surface area contributed by atoms with E-state index in [-0.39, 0.29) is 5.91 Å². The van der Waals surface area contributed by atoms with Crippen molar-refractivity contribution in [3.05, 3.63) is 29.8 Å². The fourth-order valence-corrected chi connectivity index (χ4v) is 2.66. The maximum absolute atomic E-state index is 11.3. The Balaban J connectivity index is 1.90. The lowest BCUT2D eigenvalue weighted by atomic mass is 9.96. The number of anilines is 1. The Hall–Kier alpha value is -1.55. The van der Waals surface area contributed by atoms with Crippen LogP contribution in [0.3, 0.4) is 0 Å². The fourth-order valence-electron chi connectivity index (χ4n) is 2.66. The molecule has 4 heteroatoms. The molecule has 0 radical (unpaired) electrons. The monoisotopic (exact) mass is 231 g/mol. The third kappa shape index (κ3) is 2.00. The number of hydrazine groups is 1. The Labute approximate surface area is 101 Å². The Morgan fingerprint density at radius 3 is 2.88 bits per heavy atom. The van der Waals surface area contributed by atoms with Crippen LogP contribution >= 0.6 is 0 Å². The predicted octanol–water partition coefficient (Wildman–Crippen LogP) is 1.00. The average molecular weight is 231 g/mol. The van der Waals surface area contributed by atoms with Crippen LogP contribution in [0, 0.1) is 0 Å². The molecule has 2 fully saturated rings. The molecule has 2 N–H and O–H groups in total. The lowest BCUT2D eigenvalue weighted by Gasteiger charge is -2.23. The molecule has 2 heterocycles. The first-order valence-corrected chi connectivity index (χ1v) is 6.21. The number of rotatable bonds is 2. The molecule has 3 rings (SSSR count). The van der Waals surface area contributed by atoms with Gasteiger partial charge in [-0.1, -0.05) is 18.2 Å². The van der Waals surface area contributed by atoms with Crippen molar-refractivity contribution < 1.29 is 4.79 Å². The lowest BCUT2D eigenvalue weighted by Crippen LogP contribution is -2.34. The quantitative estimate of drug-likeness (QED) is 0.798. The Morgan fingerprint density at radius 1 is 1.29 bits per heavy atom. The number of benzene rings is 1. The van der Waals surface area contributed by atoms with E-state index < -0.39 is 0 Å². The number of nitrogens with one attached hydrogen (secondary N) is 2. The molecule has 0 aromatic heterocycles. The SMILES string of the molecule is O=C1CCN(c2ccccc2C2CCNC2)N1. The second-order valence-electron chi connectivity index (χ2n) is 4.69. The summed E-state index contributed by atoms with van der Waals surface area (Å²) in [6.45, 7) is 2.90. The van der Waals surface area contributed by atoms with Crippen LogP contribution in [0.15, 0.2) is 24.3 Å². The van der Waals surface area contributed by atoms with Crippen molar-refractivity contribution in [3.8, 4) is 0 Å². The van der Waals surface area contributed by atoms with E-state index in [0.29, 0.717) is 12.3 Å². The van der Waals surface area contributed by atoms with E-state index in [0.717, 1.165) is 25.3 Å². The second kappa shape index (κ2) is 4.37. The first kappa shape index (κ1) is 10.6. The van der Waals surface area contributed by atoms with Crippen LogP contribution in [0.5, 0.6) is 0 Å². The molecule has 2 aliphatic rings. The van der Waals surface area contributed by atoms with Crippen molar-refractivity contribution in [3.63, 3.8) is 0 Å². The van der Waals surface area contributed by atoms with Crippen LogP contribution in [0.4, 0.5) is 5.69 Å². The molecule has 0 aliphatic carbocycles. The van der Waals surface area contributed by atoms with Gasteiger partial charge in [-0.15, -0.1) is 0 Å². The summed E-state index contributed by atoms with van der Waals surface area (Å²) in [4.78, 5) is 11.3. The molecule has 1 atom stereocenters. The number of para-hydroxylation sites is 1. The van der Waals surface area contributed by atoms with Gasteiger partial charge in [0.25, 0.3) is 0 Å². The minimum Gasteiger partial charge on any atom is -0.316 e. The number of carbonyl (C=O) groups excluding carboxylic acids is 1. The van der Waals surface area contributed by atoms with Crippen LogP contribution in [0.25, 0.3) is 0 Å². The number of hydrogen-bond donors (Lipinski definition) is 2. The third-order valence-corrected chi connectivity index (χ3v) is 3.55. The molecule has 1 amide bonds. The zero-order chi connectivity index (χ0) is 11.7. The second-order valence-corrected chi connectivity index (χ2v) is 4.69. The molecule has 1 aromatic carbocycles. The summed E-state index contributed by atoms with van der Waals surface area (Å²) in [5.41, 5.74) is 5.41. The molecule has 0 bridgehead atoms. The molecule has 0 spiro atoms. The summed E-state index contributed by atoms with van der Waals surface area (Å²) in [5, 5.41) is 5.37. The van der Waals surface area contributed by atoms with Crippen molar-refractivity contribution in [2.24, 2.45) is 0 Å². The highest BCUT2D eigenvalue weighted by Crippen LogP contribution is 2.31. The summed E-state index contributed by atoms with van der Waals surface area (Å²) >= 11 is 0. The maximum atomic E-state index is 11.3. The van der Waals surface area contributed by atoms with Gasteiger partial charge in [-0.05, 0) is 30.5 Å². The van der Waals surface area contributed by atoms with Gasteiger partial charge in [0.05, 0.1) is 5.69 Å². The van der Waals surface area contributed by atoms with Gasteiger partial charge in [-0.3, -0.25) is 15.2 Å². The van der Waals surface area contributed by atoms with Gasteiger partial charge in [-0.25, -0.2) is 0 Å². The molecule has 1 unspecified atom stereocenters. The fraction of sp³-hybridized carbons (Fsp3) is 0.462. The molecule has 4 nitrogen and oxygen atoms in total. The molecular weight excluding hydrogens is 214 g/mol. The highest BCUT2D eigenvalue weighted by atomic mass is 16.2. The number of nitrogens with zero attached hydrogens (tertiary/aromatic N) is 1. The van der Waals surface area contributed by atoms with E-state index >= 15 is 0 Å². The van der Waals surface area contributed by atoms with Gasteiger partial charge in [0, 0.05) is 19.5 Å². The van der Waals surface area contributed by atoms with Gasteiger partial charge in [0.15, 0.2) is 0 Å². The van der Waals surface area contributed by atoms with Crippen LogP contribution in [0.1, 0.15) is 24.3 Å². The van der Waals surface area contributed by atoms with Crippen molar-refractivity contribution in [2.75, 3.05) is 24.6 Å². The Kier molecular flexibility index (Phi) is 2.73. The average Bonchev–Trinajstić information content (AvgIpc) is 3.00. The van der Waals surface area contributed by atoms with Crippen molar-refractivity contribution >= 4 is 11.6 Å². The molecule has 1 aromatic rings. The van der Waals surface area contributed by atoms with Gasteiger partial charge in [0.1, 0.15) is 0 Å². The van der Waals surface area contributed by atoms with Crippen molar-refractivity contribution in [1.82, 2.24) is 10.7 Å². The van der Waals surface area contributed by atoms with Crippen molar-refractivity contribution in [2.45, 2.75) is 18.8 Å². The number of amides is 1. The molecule has 17 heavy (non-hydrogen) atoms. The van der Waals surface area contributed by atoms with Gasteiger partial charge in [0.2, 0.25) is 5.91 Å². The summed E-state index contributed by atoms with van der Waals surface area (Å²) in [5.74, 6) is 0.688. The summed E-state index contributed by atoms with van der Waals surface area (Å²) in [6.07, 6.45) is 1.77. The van der Waals surface area contributed by atoms with Crippen molar-refractivity contribution in [1.29, 1.82) is 0 Å². The molecule has 90 valence electrons. The lowest BCUT2D eigenvalue weighted by molar-refractivity contribution is -0.119. The van der Waals surface area contributed by atoms with E-state index in [1.807, 2.05) is 11.1 Å². The van der Waals surface area contributed by atoms with E-state index in [1.54, 1.807) is 0 Å². The molecule has 2 saturated heterocycles. The van der Waals surface area contributed by atoms with Crippen LogP contribution in [0.2, 0.25) is 0 Å². The number of carbonyl (C=O) groups is 1. The van der Waals surface area contributed by atoms with E-state index in [9.17, 15) is 4.79 Å². The summed E-state index contributed by atoms with van der Waals surface area (Å²) in [7, 11) is 0. The van der Waals surface area contributed by atoms with Gasteiger partial charge in [-0.2, -0.15) is 0 Å². The zero-order valence-corrected chi connectivity index (χ0v) is 9.78. The first-order valence-electron chi connectivity index (χ1n) is 6.21. The standard InChI is InChI=1S/C13H17N3O/c17-13-6-8-16(15-13)12-4-2-1-3-11(12)10-5-7-14-9-10/h1-4,10,14H,5-9H2,(H,15,17).